The van der Waals surface area contributed by atoms with Gasteiger partial charge in [0.2, 0.25) is 10.0 Å². The Morgan fingerprint density at radius 1 is 1.45 bits per heavy atom. The highest BCUT2D eigenvalue weighted by Crippen LogP contribution is 2.34. The first-order valence-electron chi connectivity index (χ1n) is 5.93. The van der Waals surface area contributed by atoms with Gasteiger partial charge in [-0.05, 0) is 25.2 Å². The van der Waals surface area contributed by atoms with E-state index in [4.69, 9.17) is 5.14 Å². The summed E-state index contributed by atoms with van der Waals surface area (Å²) in [5.41, 5.74) is -0.913. The van der Waals surface area contributed by atoms with Crippen LogP contribution in [0.2, 0.25) is 0 Å². The topological polar surface area (TPSA) is 85.1 Å². The Labute approximate surface area is 118 Å². The van der Waals surface area contributed by atoms with Crippen LogP contribution in [0, 0.1) is 5.92 Å². The fourth-order valence-electron chi connectivity index (χ4n) is 2.33. The average molecular weight is 329 g/mol. The van der Waals surface area contributed by atoms with Crippen LogP contribution in [0.3, 0.4) is 0 Å². The number of sulfonamides is 1. The van der Waals surface area contributed by atoms with E-state index in [9.17, 15) is 21.6 Å². The third-order valence-corrected chi connectivity index (χ3v) is 4.84. The lowest BCUT2D eigenvalue weighted by atomic mass is 10.1. The maximum Gasteiger partial charge on any atom is 0.434 e. The number of alkyl halides is 3. The number of thiazole rings is 1. The van der Waals surface area contributed by atoms with Crippen molar-refractivity contribution in [3.05, 3.63) is 11.1 Å². The highest BCUT2D eigenvalue weighted by molar-refractivity contribution is 7.89. The number of aromatic nitrogens is 1. The van der Waals surface area contributed by atoms with Gasteiger partial charge in [-0.1, -0.05) is 0 Å². The standard InChI is InChI=1S/C10H14F3N3O2S2/c11-10(12,13)8-4-19-9(16-8)15-7-2-1-6(3-7)5-20(14,17)18/h4,6-7H,1-3,5H2,(H,15,16)(H2,14,17,18)/t6-,7+/m1/s1. The van der Waals surface area contributed by atoms with Crippen molar-refractivity contribution in [2.75, 3.05) is 11.1 Å². The van der Waals surface area contributed by atoms with Gasteiger partial charge in [-0.2, -0.15) is 13.2 Å². The second kappa shape index (κ2) is 5.49. The molecule has 20 heavy (non-hydrogen) atoms. The largest absolute Gasteiger partial charge is 0.434 e. The van der Waals surface area contributed by atoms with E-state index >= 15 is 0 Å². The monoisotopic (exact) mass is 329 g/mol. The Balaban J connectivity index is 1.91. The number of hydrogen-bond acceptors (Lipinski definition) is 5. The molecule has 2 rings (SSSR count). The molecule has 2 atom stereocenters. The number of nitrogens with two attached hydrogens (primary N) is 1. The van der Waals surface area contributed by atoms with Gasteiger partial charge < -0.3 is 5.32 Å². The van der Waals surface area contributed by atoms with Crippen molar-refractivity contribution in [2.24, 2.45) is 11.1 Å². The number of nitrogens with zero attached hydrogens (tertiary/aromatic N) is 1. The molecule has 1 heterocycles. The molecule has 1 aromatic heterocycles. The smallest absolute Gasteiger partial charge is 0.359 e. The molecule has 114 valence electrons. The van der Waals surface area contributed by atoms with E-state index in [1.54, 1.807) is 0 Å². The minimum absolute atomic E-state index is 0.0513. The summed E-state index contributed by atoms with van der Waals surface area (Å²) >= 11 is 0.892. The molecule has 0 unspecified atom stereocenters. The van der Waals surface area contributed by atoms with Gasteiger partial charge in [-0.3, -0.25) is 0 Å². The zero-order valence-corrected chi connectivity index (χ0v) is 12.0. The number of rotatable bonds is 4. The van der Waals surface area contributed by atoms with E-state index in [1.807, 2.05) is 0 Å². The lowest BCUT2D eigenvalue weighted by molar-refractivity contribution is -0.140. The summed E-state index contributed by atoms with van der Waals surface area (Å²) in [5, 5.41) is 9.07. The van der Waals surface area contributed by atoms with Crippen LogP contribution in [0.15, 0.2) is 5.38 Å². The van der Waals surface area contributed by atoms with Crippen LogP contribution in [-0.4, -0.2) is 25.2 Å². The fraction of sp³-hybridized carbons (Fsp3) is 0.700. The van der Waals surface area contributed by atoms with E-state index in [0.29, 0.717) is 19.3 Å². The molecule has 1 fully saturated rings. The molecule has 5 nitrogen and oxygen atoms in total. The summed E-state index contributed by atoms with van der Waals surface area (Å²) in [4.78, 5) is 3.48. The molecule has 1 aromatic rings. The van der Waals surface area contributed by atoms with Crippen LogP contribution in [0.25, 0.3) is 0 Å². The van der Waals surface area contributed by atoms with E-state index in [0.717, 1.165) is 16.7 Å². The molecule has 0 spiro atoms. The lowest BCUT2D eigenvalue weighted by Gasteiger charge is -2.11. The first kappa shape index (κ1) is 15.5. The molecule has 3 N–H and O–H groups in total. The van der Waals surface area contributed by atoms with Crippen LogP contribution < -0.4 is 10.5 Å². The number of anilines is 1. The molecule has 0 amide bonds. The zero-order valence-electron chi connectivity index (χ0n) is 10.4. The molecule has 0 aromatic carbocycles. The summed E-state index contributed by atoms with van der Waals surface area (Å²) in [6, 6.07) is -0.0611. The highest BCUT2D eigenvalue weighted by Gasteiger charge is 2.34. The van der Waals surface area contributed by atoms with Gasteiger partial charge in [0.15, 0.2) is 10.8 Å². The maximum atomic E-state index is 12.4. The second-order valence-corrected chi connectivity index (χ2v) is 7.40. The number of primary sulfonamides is 1. The van der Waals surface area contributed by atoms with Gasteiger partial charge in [0.05, 0.1) is 5.75 Å². The zero-order chi connectivity index (χ0) is 15.0. The van der Waals surface area contributed by atoms with Crippen LogP contribution in [0.5, 0.6) is 0 Å². The molecular weight excluding hydrogens is 315 g/mol. The SMILES string of the molecule is NS(=O)(=O)C[C@@H]1CC[C@H](Nc2nc(C(F)(F)F)cs2)C1. The minimum Gasteiger partial charge on any atom is -0.359 e. The van der Waals surface area contributed by atoms with Crippen molar-refractivity contribution in [1.29, 1.82) is 0 Å². The number of hydrogen-bond donors (Lipinski definition) is 2. The third-order valence-electron chi connectivity index (χ3n) is 3.13. The first-order chi connectivity index (χ1) is 9.13. The molecule has 0 bridgehead atoms. The molecule has 0 aliphatic heterocycles. The van der Waals surface area contributed by atoms with Gasteiger partial charge in [-0.25, -0.2) is 18.5 Å². The maximum absolute atomic E-state index is 12.4. The van der Waals surface area contributed by atoms with Crippen molar-refractivity contribution in [3.8, 4) is 0 Å². The fourth-order valence-corrected chi connectivity index (χ4v) is 4.09. The Hall–Kier alpha value is -0.870. The van der Waals surface area contributed by atoms with E-state index in [1.165, 1.54) is 0 Å². The Kier molecular flexibility index (Phi) is 4.26. The van der Waals surface area contributed by atoms with Gasteiger partial charge in [0.1, 0.15) is 0 Å². The predicted octanol–water partition coefficient (Wildman–Crippen LogP) is 2.03. The Morgan fingerprint density at radius 3 is 2.70 bits per heavy atom. The molecule has 1 aliphatic carbocycles. The quantitative estimate of drug-likeness (QED) is 0.885. The second-order valence-electron chi connectivity index (χ2n) is 4.89. The molecule has 0 saturated heterocycles. The van der Waals surface area contributed by atoms with E-state index in [2.05, 4.69) is 10.3 Å². The van der Waals surface area contributed by atoms with Gasteiger partial charge in [-0.15, -0.1) is 11.3 Å². The number of halogens is 3. The molecule has 0 radical (unpaired) electrons. The van der Waals surface area contributed by atoms with Crippen LogP contribution in [-0.2, 0) is 16.2 Å². The normalized spacial score (nSPS) is 24.0. The average Bonchev–Trinajstić information content (AvgIpc) is 2.85. The van der Waals surface area contributed by atoms with Crippen molar-refractivity contribution in [2.45, 2.75) is 31.5 Å². The molecule has 1 aliphatic rings. The highest BCUT2D eigenvalue weighted by atomic mass is 32.2. The van der Waals surface area contributed by atoms with Gasteiger partial charge in [0, 0.05) is 11.4 Å². The molecular formula is C10H14F3N3O2S2. The lowest BCUT2D eigenvalue weighted by Crippen LogP contribution is -2.23. The minimum atomic E-state index is -4.44. The summed E-state index contributed by atoms with van der Waals surface area (Å²) < 4.78 is 59.2. The molecule has 1 saturated carbocycles. The summed E-state index contributed by atoms with van der Waals surface area (Å²) in [7, 11) is -3.51. The Bertz CT molecular complexity index is 571. The van der Waals surface area contributed by atoms with Crippen molar-refractivity contribution in [3.63, 3.8) is 0 Å². The molecule has 10 heteroatoms. The summed E-state index contributed by atoms with van der Waals surface area (Å²) in [6.45, 7) is 0. The summed E-state index contributed by atoms with van der Waals surface area (Å²) in [6.07, 6.45) is -2.49. The van der Waals surface area contributed by atoms with Gasteiger partial charge in [0.25, 0.3) is 0 Å². The van der Waals surface area contributed by atoms with Crippen LogP contribution in [0.4, 0.5) is 18.3 Å². The Morgan fingerprint density at radius 2 is 2.15 bits per heavy atom. The summed E-state index contributed by atoms with van der Waals surface area (Å²) in [5.74, 6) is -0.138. The number of nitrogens with one attached hydrogen (secondary N) is 1. The predicted molar refractivity (Wildman–Crippen MR) is 69.8 cm³/mol. The third kappa shape index (κ3) is 4.32. The van der Waals surface area contributed by atoms with E-state index in [-0.39, 0.29) is 22.8 Å². The van der Waals surface area contributed by atoms with Crippen molar-refractivity contribution >= 4 is 26.5 Å². The van der Waals surface area contributed by atoms with Crippen LogP contribution >= 0.6 is 11.3 Å². The van der Waals surface area contributed by atoms with E-state index < -0.39 is 21.9 Å². The van der Waals surface area contributed by atoms with Crippen LogP contribution in [0.1, 0.15) is 25.0 Å². The first-order valence-corrected chi connectivity index (χ1v) is 8.53. The van der Waals surface area contributed by atoms with Crippen molar-refractivity contribution in [1.82, 2.24) is 4.98 Å². The van der Waals surface area contributed by atoms with Gasteiger partial charge >= 0.3 is 6.18 Å². The van der Waals surface area contributed by atoms with Crippen molar-refractivity contribution < 1.29 is 21.6 Å².